The third-order valence-electron chi connectivity index (χ3n) is 6.80. The molecule has 3 aliphatic rings. The first kappa shape index (κ1) is 17.9. The molecule has 7 nitrogen and oxygen atoms in total. The van der Waals surface area contributed by atoms with E-state index in [1.54, 1.807) is 6.33 Å². The van der Waals surface area contributed by atoms with Gasteiger partial charge in [0.15, 0.2) is 0 Å². The largest absolute Gasteiger partial charge is 0.460 e. The van der Waals surface area contributed by atoms with Gasteiger partial charge in [-0.3, -0.25) is 4.57 Å². The molecule has 1 aromatic carbocycles. The van der Waals surface area contributed by atoms with Crippen molar-refractivity contribution in [1.82, 2.24) is 24.7 Å². The maximum absolute atomic E-state index is 6.11. The summed E-state index contributed by atoms with van der Waals surface area (Å²) < 4.78 is 8.19. The minimum Gasteiger partial charge on any atom is -0.460 e. The lowest BCUT2D eigenvalue weighted by Gasteiger charge is -2.35. The lowest BCUT2D eigenvalue weighted by Crippen LogP contribution is -2.33. The second kappa shape index (κ2) is 6.79. The van der Waals surface area contributed by atoms with Crippen LogP contribution in [-0.4, -0.2) is 30.8 Å². The molecule has 2 aromatic heterocycles. The van der Waals surface area contributed by atoms with E-state index in [1.807, 2.05) is 12.4 Å². The van der Waals surface area contributed by atoms with Crippen molar-refractivity contribution in [3.63, 3.8) is 0 Å². The maximum Gasteiger partial charge on any atom is 0.317 e. The van der Waals surface area contributed by atoms with Gasteiger partial charge >= 0.3 is 6.01 Å². The van der Waals surface area contributed by atoms with E-state index < -0.39 is 0 Å². The summed E-state index contributed by atoms with van der Waals surface area (Å²) in [5, 5.41) is 11.5. The highest BCUT2D eigenvalue weighted by Crippen LogP contribution is 2.46. The van der Waals surface area contributed by atoms with Crippen molar-refractivity contribution in [1.29, 1.82) is 0 Å². The number of nitrogens with zero attached hydrogens (tertiary/aromatic N) is 5. The molecule has 7 heteroatoms. The van der Waals surface area contributed by atoms with Gasteiger partial charge in [0, 0.05) is 23.6 Å². The fourth-order valence-electron chi connectivity index (χ4n) is 4.18. The molecule has 3 fully saturated rings. The number of benzene rings is 1. The van der Waals surface area contributed by atoms with Crippen LogP contribution in [0.1, 0.15) is 68.4 Å². The second-order valence-corrected chi connectivity index (χ2v) is 9.25. The smallest absolute Gasteiger partial charge is 0.317 e. The quantitative estimate of drug-likeness (QED) is 0.626. The van der Waals surface area contributed by atoms with E-state index in [9.17, 15) is 0 Å². The number of ether oxygens (including phenoxy) is 1. The van der Waals surface area contributed by atoms with Crippen LogP contribution in [0.2, 0.25) is 0 Å². The Kier molecular flexibility index (Phi) is 4.04. The summed E-state index contributed by atoms with van der Waals surface area (Å²) in [6, 6.07) is 9.28. The average Bonchev–Trinajstić information content (AvgIpc) is 3.66. The van der Waals surface area contributed by atoms with Gasteiger partial charge in [-0.15, -0.1) is 5.10 Å². The van der Waals surface area contributed by atoms with Crippen molar-refractivity contribution in [3.8, 4) is 6.01 Å². The summed E-state index contributed by atoms with van der Waals surface area (Å²) in [7, 11) is 0. The van der Waals surface area contributed by atoms with Crippen molar-refractivity contribution < 1.29 is 4.74 Å². The van der Waals surface area contributed by atoms with Gasteiger partial charge in [0.05, 0.1) is 0 Å². The summed E-state index contributed by atoms with van der Waals surface area (Å²) in [5.74, 6) is 1.85. The molecule has 0 radical (unpaired) electrons. The molecule has 30 heavy (non-hydrogen) atoms. The van der Waals surface area contributed by atoms with Gasteiger partial charge in [0.25, 0.3) is 0 Å². The highest BCUT2D eigenvalue weighted by atomic mass is 16.5. The molecule has 0 spiro atoms. The Morgan fingerprint density at radius 2 is 1.73 bits per heavy atom. The molecule has 0 amide bonds. The zero-order valence-electron chi connectivity index (χ0n) is 17.2. The molecule has 3 saturated carbocycles. The van der Waals surface area contributed by atoms with Crippen LogP contribution < -0.4 is 10.1 Å². The minimum absolute atomic E-state index is 0.150. The van der Waals surface area contributed by atoms with E-state index in [0.29, 0.717) is 17.9 Å². The number of nitrogens with one attached hydrogen (secondary N) is 1. The SMILES string of the molecule is CC1(n2cnnc2OC2CC(c3cnc(Nc4ccc(C5CC5)cc4)nc3)C2)CC1. The monoisotopic (exact) mass is 402 g/mol. The van der Waals surface area contributed by atoms with Gasteiger partial charge in [-0.25, -0.2) is 9.97 Å². The highest BCUT2D eigenvalue weighted by molar-refractivity contribution is 5.54. The van der Waals surface area contributed by atoms with Crippen LogP contribution in [0.3, 0.4) is 0 Å². The van der Waals surface area contributed by atoms with Gasteiger partial charge in [-0.1, -0.05) is 17.2 Å². The van der Waals surface area contributed by atoms with Crippen LogP contribution in [-0.2, 0) is 5.54 Å². The van der Waals surface area contributed by atoms with Gasteiger partial charge in [0.1, 0.15) is 12.4 Å². The molecule has 3 aliphatic carbocycles. The topological polar surface area (TPSA) is 77.8 Å². The van der Waals surface area contributed by atoms with Gasteiger partial charge in [-0.2, -0.15) is 0 Å². The van der Waals surface area contributed by atoms with Crippen LogP contribution >= 0.6 is 0 Å². The van der Waals surface area contributed by atoms with E-state index in [-0.39, 0.29) is 11.6 Å². The third-order valence-corrected chi connectivity index (χ3v) is 6.80. The molecule has 0 atom stereocenters. The Morgan fingerprint density at radius 1 is 1.00 bits per heavy atom. The van der Waals surface area contributed by atoms with Crippen LogP contribution in [0.5, 0.6) is 6.01 Å². The Hall–Kier alpha value is -2.96. The maximum atomic E-state index is 6.11. The lowest BCUT2D eigenvalue weighted by molar-refractivity contribution is 0.0807. The molecule has 0 saturated heterocycles. The van der Waals surface area contributed by atoms with Gasteiger partial charge in [0.2, 0.25) is 5.95 Å². The first-order valence-electron chi connectivity index (χ1n) is 10.9. The standard InChI is InChI=1S/C23H26N6O/c1-23(8-9-23)29-14-26-28-22(29)30-20-10-17(11-20)18-12-24-21(25-13-18)27-19-6-4-16(5-7-19)15-2-3-15/h4-7,12-15,17,20H,2-3,8-11H2,1H3,(H,24,25,27). The zero-order valence-corrected chi connectivity index (χ0v) is 17.2. The first-order chi connectivity index (χ1) is 14.7. The van der Waals surface area contributed by atoms with Crippen LogP contribution in [0.4, 0.5) is 11.6 Å². The molecule has 154 valence electrons. The predicted molar refractivity (Wildman–Crippen MR) is 113 cm³/mol. The fourth-order valence-corrected chi connectivity index (χ4v) is 4.18. The summed E-state index contributed by atoms with van der Waals surface area (Å²) in [5.41, 5.74) is 3.78. The molecule has 2 heterocycles. The number of rotatable bonds is 7. The van der Waals surface area contributed by atoms with Crippen molar-refractivity contribution in [2.75, 3.05) is 5.32 Å². The first-order valence-corrected chi connectivity index (χ1v) is 10.9. The van der Waals surface area contributed by atoms with Crippen LogP contribution in [0, 0.1) is 0 Å². The van der Waals surface area contributed by atoms with Crippen molar-refractivity contribution in [2.45, 2.75) is 68.9 Å². The van der Waals surface area contributed by atoms with Crippen molar-refractivity contribution >= 4 is 11.6 Å². The molecular formula is C23H26N6O. The Labute approximate surface area is 175 Å². The second-order valence-electron chi connectivity index (χ2n) is 9.25. The Morgan fingerprint density at radius 3 is 2.40 bits per heavy atom. The van der Waals surface area contributed by atoms with E-state index in [0.717, 1.165) is 37.3 Å². The van der Waals surface area contributed by atoms with Crippen LogP contribution in [0.15, 0.2) is 43.0 Å². The highest BCUT2D eigenvalue weighted by Gasteiger charge is 2.42. The van der Waals surface area contributed by atoms with Gasteiger partial charge < -0.3 is 10.1 Å². The molecule has 0 aliphatic heterocycles. The average molecular weight is 403 g/mol. The Balaban J connectivity index is 1.03. The summed E-state index contributed by atoms with van der Waals surface area (Å²) in [6.07, 6.45) is 12.7. The Bertz CT molecular complexity index is 1030. The number of hydrogen-bond donors (Lipinski definition) is 1. The minimum atomic E-state index is 0.150. The number of anilines is 2. The molecule has 6 rings (SSSR count). The van der Waals surface area contributed by atoms with E-state index in [1.165, 1.54) is 24.0 Å². The van der Waals surface area contributed by atoms with Crippen LogP contribution in [0.25, 0.3) is 0 Å². The van der Waals surface area contributed by atoms with E-state index in [2.05, 4.69) is 61.2 Å². The van der Waals surface area contributed by atoms with Crippen molar-refractivity contribution in [2.24, 2.45) is 0 Å². The summed E-state index contributed by atoms with van der Waals surface area (Å²) in [6.45, 7) is 2.22. The molecule has 1 N–H and O–H groups in total. The van der Waals surface area contributed by atoms with E-state index in [4.69, 9.17) is 4.74 Å². The summed E-state index contributed by atoms with van der Waals surface area (Å²) >= 11 is 0. The molecule has 3 aromatic rings. The third kappa shape index (κ3) is 3.42. The predicted octanol–water partition coefficient (Wildman–Crippen LogP) is 4.52. The van der Waals surface area contributed by atoms with E-state index >= 15 is 0 Å². The number of aromatic nitrogens is 5. The van der Waals surface area contributed by atoms with Gasteiger partial charge in [-0.05, 0) is 80.5 Å². The summed E-state index contributed by atoms with van der Waals surface area (Å²) in [4.78, 5) is 9.03. The molecule has 0 bridgehead atoms. The number of hydrogen-bond acceptors (Lipinski definition) is 6. The van der Waals surface area contributed by atoms with Crippen molar-refractivity contribution in [3.05, 3.63) is 54.1 Å². The normalized spacial score (nSPS) is 24.2. The zero-order chi connectivity index (χ0) is 20.1. The fraction of sp³-hybridized carbons (Fsp3) is 0.478. The molecule has 0 unspecified atom stereocenters. The molecular weight excluding hydrogens is 376 g/mol. The lowest BCUT2D eigenvalue weighted by atomic mass is 9.78.